The molecule has 1 aliphatic rings. The number of nitrogens with two attached hydrogens (primary N) is 1. The summed E-state index contributed by atoms with van der Waals surface area (Å²) >= 11 is 0. The first-order valence-electron chi connectivity index (χ1n) is 6.37. The van der Waals surface area contributed by atoms with Crippen LogP contribution in [0.4, 0.5) is 5.82 Å². The lowest BCUT2D eigenvalue weighted by Gasteiger charge is -2.37. The molecule has 0 amide bonds. The van der Waals surface area contributed by atoms with Gasteiger partial charge in [-0.1, -0.05) is 5.16 Å². The van der Waals surface area contributed by atoms with E-state index in [1.165, 1.54) is 0 Å². The van der Waals surface area contributed by atoms with E-state index in [2.05, 4.69) is 25.2 Å². The van der Waals surface area contributed by atoms with E-state index in [9.17, 15) is 0 Å². The Bertz CT molecular complexity index is 455. The molecule has 2 rings (SSSR count). The molecule has 1 aliphatic heterocycles. The summed E-state index contributed by atoms with van der Waals surface area (Å²) in [7, 11) is 0. The molecule has 19 heavy (non-hydrogen) atoms. The van der Waals surface area contributed by atoms with Gasteiger partial charge < -0.3 is 15.8 Å². The van der Waals surface area contributed by atoms with Crippen molar-refractivity contribution in [2.24, 2.45) is 10.9 Å². The van der Waals surface area contributed by atoms with Gasteiger partial charge in [0, 0.05) is 26.2 Å². The van der Waals surface area contributed by atoms with Crippen LogP contribution in [-0.2, 0) is 0 Å². The first kappa shape index (κ1) is 13.5. The van der Waals surface area contributed by atoms with Crippen molar-refractivity contribution in [1.82, 2.24) is 15.1 Å². The number of anilines is 1. The van der Waals surface area contributed by atoms with Crippen LogP contribution in [0.3, 0.4) is 0 Å². The number of aromatic nitrogens is 2. The van der Waals surface area contributed by atoms with Gasteiger partial charge in [0.25, 0.3) is 0 Å². The summed E-state index contributed by atoms with van der Waals surface area (Å²) in [6, 6.07) is 1.99. The van der Waals surface area contributed by atoms with Crippen molar-refractivity contribution in [3.63, 3.8) is 0 Å². The number of hydrogen-bond donors (Lipinski definition) is 2. The molecule has 0 aromatic carbocycles. The fourth-order valence-electron chi connectivity index (χ4n) is 2.21. The third kappa shape index (κ3) is 3.11. The number of aryl methyl sites for hydroxylation is 1. The van der Waals surface area contributed by atoms with Gasteiger partial charge in [0.15, 0.2) is 11.7 Å². The predicted octanol–water partition coefficient (Wildman–Crippen LogP) is 0.0419. The highest BCUT2D eigenvalue weighted by Crippen LogP contribution is 2.14. The standard InChI is InChI=1S/C12H20N6O/c1-9-7-11(15-14-8-9)18-5-3-17(4-6-18)10(2)12(13)16-19/h7-8,10,19H,3-6H2,1-2H3,(H2,13,16). The maximum absolute atomic E-state index is 8.70. The van der Waals surface area contributed by atoms with Crippen molar-refractivity contribution < 1.29 is 5.21 Å². The average molecular weight is 264 g/mol. The van der Waals surface area contributed by atoms with E-state index in [1.807, 2.05) is 19.9 Å². The Morgan fingerprint density at radius 1 is 1.42 bits per heavy atom. The Balaban J connectivity index is 1.96. The topological polar surface area (TPSA) is 90.9 Å². The molecular weight excluding hydrogens is 244 g/mol. The summed E-state index contributed by atoms with van der Waals surface area (Å²) in [6.45, 7) is 7.38. The molecule has 1 fully saturated rings. The second-order valence-corrected chi connectivity index (χ2v) is 4.81. The van der Waals surface area contributed by atoms with Crippen molar-refractivity contribution in [3.05, 3.63) is 17.8 Å². The van der Waals surface area contributed by atoms with Crippen LogP contribution >= 0.6 is 0 Å². The number of oxime groups is 1. The zero-order valence-corrected chi connectivity index (χ0v) is 11.3. The van der Waals surface area contributed by atoms with Crippen LogP contribution < -0.4 is 10.6 Å². The van der Waals surface area contributed by atoms with Crippen LogP contribution in [0.5, 0.6) is 0 Å². The summed E-state index contributed by atoms with van der Waals surface area (Å²) in [4.78, 5) is 4.39. The Morgan fingerprint density at radius 2 is 2.11 bits per heavy atom. The zero-order chi connectivity index (χ0) is 13.8. The quantitative estimate of drug-likeness (QED) is 0.347. The monoisotopic (exact) mass is 264 g/mol. The summed E-state index contributed by atoms with van der Waals surface area (Å²) in [6.07, 6.45) is 1.75. The van der Waals surface area contributed by atoms with E-state index in [4.69, 9.17) is 10.9 Å². The van der Waals surface area contributed by atoms with Gasteiger partial charge in [0.05, 0.1) is 12.2 Å². The third-order valence-corrected chi connectivity index (χ3v) is 3.51. The highest BCUT2D eigenvalue weighted by molar-refractivity contribution is 5.84. The summed E-state index contributed by atoms with van der Waals surface area (Å²) in [5, 5.41) is 19.9. The smallest absolute Gasteiger partial charge is 0.156 e. The van der Waals surface area contributed by atoms with Crippen molar-refractivity contribution in [2.45, 2.75) is 19.9 Å². The van der Waals surface area contributed by atoms with Gasteiger partial charge in [0.2, 0.25) is 0 Å². The average Bonchev–Trinajstić information content (AvgIpc) is 2.46. The lowest BCUT2D eigenvalue weighted by molar-refractivity contribution is 0.229. The Morgan fingerprint density at radius 3 is 2.68 bits per heavy atom. The van der Waals surface area contributed by atoms with E-state index in [0.29, 0.717) is 0 Å². The molecule has 7 nitrogen and oxygen atoms in total. The van der Waals surface area contributed by atoms with E-state index in [0.717, 1.165) is 37.6 Å². The van der Waals surface area contributed by atoms with Gasteiger partial charge in [-0.3, -0.25) is 4.90 Å². The Labute approximate surface area is 112 Å². The van der Waals surface area contributed by atoms with Gasteiger partial charge in [-0.2, -0.15) is 5.10 Å². The first-order valence-corrected chi connectivity index (χ1v) is 6.37. The highest BCUT2D eigenvalue weighted by atomic mass is 16.4. The number of hydrogen-bond acceptors (Lipinski definition) is 6. The molecule has 1 saturated heterocycles. The Kier molecular flexibility index (Phi) is 4.16. The van der Waals surface area contributed by atoms with Crippen molar-refractivity contribution in [1.29, 1.82) is 0 Å². The number of nitrogens with zero attached hydrogens (tertiary/aromatic N) is 5. The van der Waals surface area contributed by atoms with Crippen LogP contribution in [0.2, 0.25) is 0 Å². The number of rotatable bonds is 3. The van der Waals surface area contributed by atoms with Gasteiger partial charge in [-0.15, -0.1) is 5.10 Å². The molecule has 2 heterocycles. The van der Waals surface area contributed by atoms with Crippen molar-refractivity contribution in [2.75, 3.05) is 31.1 Å². The summed E-state index contributed by atoms with van der Waals surface area (Å²) < 4.78 is 0. The van der Waals surface area contributed by atoms with Gasteiger partial charge >= 0.3 is 0 Å². The molecule has 0 bridgehead atoms. The maximum atomic E-state index is 8.70. The molecule has 7 heteroatoms. The molecule has 1 aromatic heterocycles. The molecule has 0 spiro atoms. The van der Waals surface area contributed by atoms with E-state index >= 15 is 0 Å². The lowest BCUT2D eigenvalue weighted by atomic mass is 10.2. The van der Waals surface area contributed by atoms with E-state index < -0.39 is 0 Å². The predicted molar refractivity (Wildman–Crippen MR) is 73.4 cm³/mol. The Hall–Kier alpha value is -1.89. The van der Waals surface area contributed by atoms with Gasteiger partial charge in [-0.25, -0.2) is 0 Å². The number of amidine groups is 1. The normalized spacial score (nSPS) is 19.5. The van der Waals surface area contributed by atoms with Gasteiger partial charge in [0.1, 0.15) is 0 Å². The van der Waals surface area contributed by atoms with E-state index in [-0.39, 0.29) is 11.9 Å². The third-order valence-electron chi connectivity index (χ3n) is 3.51. The molecule has 0 saturated carbocycles. The number of piperazine rings is 1. The molecule has 104 valence electrons. The summed E-state index contributed by atoms with van der Waals surface area (Å²) in [5.41, 5.74) is 6.74. The molecule has 0 aliphatic carbocycles. The zero-order valence-electron chi connectivity index (χ0n) is 11.3. The molecule has 0 radical (unpaired) electrons. The van der Waals surface area contributed by atoms with Crippen LogP contribution in [-0.4, -0.2) is 58.4 Å². The second kappa shape index (κ2) is 5.83. The molecular formula is C12H20N6O. The second-order valence-electron chi connectivity index (χ2n) is 4.81. The highest BCUT2D eigenvalue weighted by Gasteiger charge is 2.24. The first-order chi connectivity index (χ1) is 9.11. The fraction of sp³-hybridized carbons (Fsp3) is 0.583. The molecule has 1 atom stereocenters. The van der Waals surface area contributed by atoms with E-state index in [1.54, 1.807) is 6.20 Å². The molecule has 3 N–H and O–H groups in total. The maximum Gasteiger partial charge on any atom is 0.156 e. The van der Waals surface area contributed by atoms with Crippen LogP contribution in [0.15, 0.2) is 17.4 Å². The largest absolute Gasteiger partial charge is 0.409 e. The minimum absolute atomic E-state index is 0.0456. The van der Waals surface area contributed by atoms with Crippen LogP contribution in [0.1, 0.15) is 12.5 Å². The van der Waals surface area contributed by atoms with Crippen LogP contribution in [0.25, 0.3) is 0 Å². The fourth-order valence-corrected chi connectivity index (χ4v) is 2.21. The molecule has 1 aromatic rings. The van der Waals surface area contributed by atoms with Crippen LogP contribution in [0, 0.1) is 6.92 Å². The van der Waals surface area contributed by atoms with Crippen molar-refractivity contribution >= 4 is 11.7 Å². The summed E-state index contributed by atoms with van der Waals surface area (Å²) in [5.74, 6) is 1.17. The minimum Gasteiger partial charge on any atom is -0.409 e. The van der Waals surface area contributed by atoms with Crippen molar-refractivity contribution in [3.8, 4) is 0 Å². The SMILES string of the molecule is Cc1cnnc(N2CCN(C(C)/C(N)=N/O)CC2)c1. The minimum atomic E-state index is -0.0456. The van der Waals surface area contributed by atoms with Gasteiger partial charge in [-0.05, 0) is 25.5 Å². The lowest BCUT2D eigenvalue weighted by Crippen LogP contribution is -2.53. The molecule has 1 unspecified atom stereocenters.